The Morgan fingerprint density at radius 3 is 3.00 bits per heavy atom. The van der Waals surface area contributed by atoms with Crippen LogP contribution < -0.4 is 16.0 Å². The zero-order valence-corrected chi connectivity index (χ0v) is 15.0. The van der Waals surface area contributed by atoms with Crippen LogP contribution in [0.15, 0.2) is 29.3 Å². The van der Waals surface area contributed by atoms with E-state index in [0.717, 1.165) is 25.2 Å². The van der Waals surface area contributed by atoms with Gasteiger partial charge in [-0.25, -0.2) is 0 Å². The van der Waals surface area contributed by atoms with Crippen LogP contribution in [0, 0.1) is 12.3 Å². The monoisotopic (exact) mass is 341 g/mol. The molecule has 1 aliphatic rings. The predicted molar refractivity (Wildman–Crippen MR) is 103 cm³/mol. The summed E-state index contributed by atoms with van der Waals surface area (Å²) in [5, 5.41) is 9.17. The summed E-state index contributed by atoms with van der Waals surface area (Å²) in [5.74, 6) is 3.04. The Morgan fingerprint density at radius 1 is 1.44 bits per heavy atom. The van der Waals surface area contributed by atoms with Gasteiger partial charge >= 0.3 is 0 Å². The number of benzene rings is 1. The van der Waals surface area contributed by atoms with E-state index in [1.807, 2.05) is 18.2 Å². The van der Waals surface area contributed by atoms with E-state index in [-0.39, 0.29) is 12.5 Å². The molecule has 1 aromatic rings. The zero-order valence-electron chi connectivity index (χ0n) is 15.0. The third-order valence-corrected chi connectivity index (χ3v) is 4.36. The fourth-order valence-electron chi connectivity index (χ4n) is 3.03. The first-order valence-electron chi connectivity index (χ1n) is 8.71. The van der Waals surface area contributed by atoms with Gasteiger partial charge in [-0.15, -0.1) is 6.42 Å². The Bertz CT molecular complexity index is 649. The summed E-state index contributed by atoms with van der Waals surface area (Å²) in [6.07, 6.45) is 7.81. The number of amides is 1. The first-order chi connectivity index (χ1) is 12.2. The van der Waals surface area contributed by atoms with E-state index in [4.69, 9.17) is 6.42 Å². The summed E-state index contributed by atoms with van der Waals surface area (Å²) < 4.78 is 0. The molecule has 1 amide bonds. The van der Waals surface area contributed by atoms with Crippen molar-refractivity contribution in [2.45, 2.75) is 25.8 Å². The second kappa shape index (κ2) is 9.70. The Kier molecular flexibility index (Phi) is 7.30. The fraction of sp³-hybridized carbons (Fsp3) is 0.474. The van der Waals surface area contributed by atoms with Crippen LogP contribution in [0.25, 0.3) is 0 Å². The third-order valence-electron chi connectivity index (χ3n) is 4.36. The summed E-state index contributed by atoms with van der Waals surface area (Å²) >= 11 is 0. The average Bonchev–Trinajstić information content (AvgIpc) is 3.09. The molecular formula is C19H27N5O. The van der Waals surface area contributed by atoms with E-state index < -0.39 is 0 Å². The van der Waals surface area contributed by atoms with Crippen LogP contribution in [0.2, 0.25) is 0 Å². The SMILES string of the molecule is C#Cc1cccc(NC(=O)CNC(=NC)NCC2CCCN2CC)c1. The highest BCUT2D eigenvalue weighted by molar-refractivity contribution is 5.95. The van der Waals surface area contributed by atoms with Crippen molar-refractivity contribution in [3.63, 3.8) is 0 Å². The maximum Gasteiger partial charge on any atom is 0.243 e. The molecule has 1 saturated heterocycles. The maximum absolute atomic E-state index is 12.1. The van der Waals surface area contributed by atoms with Gasteiger partial charge in [0.15, 0.2) is 5.96 Å². The highest BCUT2D eigenvalue weighted by Crippen LogP contribution is 2.15. The number of hydrogen-bond donors (Lipinski definition) is 3. The predicted octanol–water partition coefficient (Wildman–Crippen LogP) is 1.26. The molecule has 0 radical (unpaired) electrons. The van der Waals surface area contributed by atoms with E-state index in [1.54, 1.807) is 13.1 Å². The fourth-order valence-corrected chi connectivity index (χ4v) is 3.03. The summed E-state index contributed by atoms with van der Waals surface area (Å²) in [4.78, 5) is 18.7. The van der Waals surface area contributed by atoms with Crippen LogP contribution in [-0.4, -0.2) is 56.0 Å². The molecule has 0 spiro atoms. The second-order valence-electron chi connectivity index (χ2n) is 6.00. The number of likely N-dealkylation sites (N-methyl/N-ethyl adjacent to an activating group) is 1. The topological polar surface area (TPSA) is 68.8 Å². The van der Waals surface area contributed by atoms with Crippen molar-refractivity contribution in [2.24, 2.45) is 4.99 Å². The van der Waals surface area contributed by atoms with Crippen LogP contribution in [0.4, 0.5) is 5.69 Å². The number of carbonyl (C=O) groups excluding carboxylic acids is 1. The second-order valence-corrected chi connectivity index (χ2v) is 6.00. The first-order valence-corrected chi connectivity index (χ1v) is 8.71. The first kappa shape index (κ1) is 18.8. The van der Waals surface area contributed by atoms with Crippen molar-refractivity contribution < 1.29 is 4.79 Å². The van der Waals surface area contributed by atoms with Crippen molar-refractivity contribution in [2.75, 3.05) is 38.5 Å². The van der Waals surface area contributed by atoms with E-state index in [1.165, 1.54) is 12.8 Å². The molecule has 0 aromatic heterocycles. The lowest BCUT2D eigenvalue weighted by Crippen LogP contribution is -2.46. The molecule has 1 fully saturated rings. The minimum Gasteiger partial charge on any atom is -0.355 e. The summed E-state index contributed by atoms with van der Waals surface area (Å²) in [5.41, 5.74) is 1.43. The molecule has 0 aliphatic carbocycles. The van der Waals surface area contributed by atoms with Crippen LogP contribution in [0.3, 0.4) is 0 Å². The van der Waals surface area contributed by atoms with Crippen molar-refractivity contribution in [3.8, 4) is 12.3 Å². The normalized spacial score (nSPS) is 17.8. The van der Waals surface area contributed by atoms with Gasteiger partial charge in [-0.1, -0.05) is 18.9 Å². The molecule has 0 bridgehead atoms. The smallest absolute Gasteiger partial charge is 0.243 e. The Labute approximate surface area is 150 Å². The number of likely N-dealkylation sites (tertiary alicyclic amines) is 1. The lowest BCUT2D eigenvalue weighted by molar-refractivity contribution is -0.115. The van der Waals surface area contributed by atoms with Gasteiger partial charge in [0.05, 0.1) is 6.54 Å². The molecule has 1 unspecified atom stereocenters. The number of carbonyl (C=O) groups is 1. The quantitative estimate of drug-likeness (QED) is 0.414. The van der Waals surface area contributed by atoms with Gasteiger partial charge in [-0.2, -0.15) is 0 Å². The molecule has 2 rings (SSSR count). The summed E-state index contributed by atoms with van der Waals surface area (Å²) in [7, 11) is 1.70. The Morgan fingerprint density at radius 2 is 2.28 bits per heavy atom. The molecule has 3 N–H and O–H groups in total. The van der Waals surface area contributed by atoms with Crippen molar-refractivity contribution in [1.82, 2.24) is 15.5 Å². The van der Waals surface area contributed by atoms with E-state index in [2.05, 4.69) is 38.7 Å². The van der Waals surface area contributed by atoms with Crippen LogP contribution in [0.1, 0.15) is 25.3 Å². The number of aliphatic imine (C=N–C) groups is 1. The minimum atomic E-state index is -0.145. The molecule has 6 nitrogen and oxygen atoms in total. The molecule has 1 aromatic carbocycles. The van der Waals surface area contributed by atoms with E-state index >= 15 is 0 Å². The van der Waals surface area contributed by atoms with Crippen LogP contribution in [-0.2, 0) is 4.79 Å². The number of anilines is 1. The molecule has 25 heavy (non-hydrogen) atoms. The molecule has 1 heterocycles. The molecule has 6 heteroatoms. The maximum atomic E-state index is 12.1. The number of rotatable bonds is 6. The molecule has 1 atom stereocenters. The molecule has 134 valence electrons. The Balaban J connectivity index is 1.76. The number of guanidine groups is 1. The van der Waals surface area contributed by atoms with Gasteiger partial charge in [0.2, 0.25) is 5.91 Å². The van der Waals surface area contributed by atoms with E-state index in [0.29, 0.717) is 17.7 Å². The summed E-state index contributed by atoms with van der Waals surface area (Å²) in [6.45, 7) is 5.39. The third kappa shape index (κ3) is 5.80. The average molecular weight is 341 g/mol. The number of terminal acetylenes is 1. The highest BCUT2D eigenvalue weighted by Gasteiger charge is 2.22. The van der Waals surface area contributed by atoms with Gasteiger partial charge in [0.25, 0.3) is 0 Å². The standard InChI is InChI=1S/C19H27N5O/c1-4-15-8-6-9-16(12-15)23-18(25)14-22-19(20-3)21-13-17-10-7-11-24(17)5-2/h1,6,8-9,12,17H,5,7,10-11,13-14H2,2-3H3,(H,23,25)(H2,20,21,22). The molecule has 0 saturated carbocycles. The lowest BCUT2D eigenvalue weighted by atomic mass is 10.2. The largest absolute Gasteiger partial charge is 0.355 e. The van der Waals surface area contributed by atoms with Gasteiger partial charge < -0.3 is 16.0 Å². The molecule has 1 aliphatic heterocycles. The number of hydrogen-bond acceptors (Lipinski definition) is 3. The lowest BCUT2D eigenvalue weighted by Gasteiger charge is -2.23. The molecular weight excluding hydrogens is 314 g/mol. The van der Waals surface area contributed by atoms with Crippen molar-refractivity contribution >= 4 is 17.6 Å². The van der Waals surface area contributed by atoms with Crippen molar-refractivity contribution in [3.05, 3.63) is 29.8 Å². The number of nitrogens with zero attached hydrogens (tertiary/aromatic N) is 2. The van der Waals surface area contributed by atoms with Crippen molar-refractivity contribution in [1.29, 1.82) is 0 Å². The van der Waals surface area contributed by atoms with Crippen LogP contribution in [0.5, 0.6) is 0 Å². The van der Waals surface area contributed by atoms with Gasteiger partial charge in [0.1, 0.15) is 0 Å². The van der Waals surface area contributed by atoms with Gasteiger partial charge in [-0.3, -0.25) is 14.7 Å². The highest BCUT2D eigenvalue weighted by atomic mass is 16.1. The van der Waals surface area contributed by atoms with Gasteiger partial charge in [0, 0.05) is 30.9 Å². The van der Waals surface area contributed by atoms with E-state index in [9.17, 15) is 4.79 Å². The van der Waals surface area contributed by atoms with Crippen LogP contribution >= 0.6 is 0 Å². The number of nitrogens with one attached hydrogen (secondary N) is 3. The zero-order chi connectivity index (χ0) is 18.1. The minimum absolute atomic E-state index is 0.141. The summed E-state index contributed by atoms with van der Waals surface area (Å²) in [6, 6.07) is 7.75. The Hall–Kier alpha value is -2.52. The van der Waals surface area contributed by atoms with Gasteiger partial charge in [-0.05, 0) is 44.1 Å².